The summed E-state index contributed by atoms with van der Waals surface area (Å²) in [6, 6.07) is 11.8. The maximum atomic E-state index is 8.82. The van der Waals surface area contributed by atoms with Crippen LogP contribution in [0.25, 0.3) is 0 Å². The van der Waals surface area contributed by atoms with Crippen molar-refractivity contribution in [3.63, 3.8) is 0 Å². The van der Waals surface area contributed by atoms with Crippen LogP contribution in [0.4, 0.5) is 0 Å². The molecule has 0 amide bonds. The molecule has 2 rings (SSSR count). The smallest absolute Gasteiger partial charge is 0.156 e. The van der Waals surface area contributed by atoms with Gasteiger partial charge in [0.15, 0.2) is 6.10 Å². The molecule has 1 heterocycles. The molecule has 86 valence electrons. The van der Waals surface area contributed by atoms with Crippen LogP contribution < -0.4 is 0 Å². The molecule has 1 aromatic carbocycles. The van der Waals surface area contributed by atoms with Crippen LogP contribution in [0.15, 0.2) is 24.3 Å². The molecule has 0 aromatic heterocycles. The standard InChI is InChI=1S/C13H13N3O/c14-7-11-2-1-3-12(6-11)9-16-4-5-17-13(8-15)10-16/h1-3,6,13H,4-5,9-10H2. The monoisotopic (exact) mass is 227 g/mol. The van der Waals surface area contributed by atoms with Crippen molar-refractivity contribution in [3.05, 3.63) is 35.4 Å². The van der Waals surface area contributed by atoms with Gasteiger partial charge < -0.3 is 4.74 Å². The van der Waals surface area contributed by atoms with E-state index in [4.69, 9.17) is 15.3 Å². The molecule has 0 spiro atoms. The molecule has 0 N–H and O–H groups in total. The number of nitrogens with zero attached hydrogens (tertiary/aromatic N) is 3. The van der Waals surface area contributed by atoms with Gasteiger partial charge in [0.1, 0.15) is 0 Å². The van der Waals surface area contributed by atoms with Gasteiger partial charge in [-0.1, -0.05) is 12.1 Å². The zero-order valence-corrected chi connectivity index (χ0v) is 9.47. The molecule has 0 radical (unpaired) electrons. The van der Waals surface area contributed by atoms with Crippen molar-refractivity contribution < 1.29 is 4.74 Å². The molecule has 0 aliphatic carbocycles. The summed E-state index contributed by atoms with van der Waals surface area (Å²) in [5, 5.41) is 17.6. The van der Waals surface area contributed by atoms with E-state index in [2.05, 4.69) is 17.0 Å². The molecule has 0 saturated carbocycles. The Hall–Kier alpha value is -1.88. The average molecular weight is 227 g/mol. The number of nitriles is 2. The van der Waals surface area contributed by atoms with E-state index in [0.717, 1.165) is 18.7 Å². The first-order valence-electron chi connectivity index (χ1n) is 5.54. The van der Waals surface area contributed by atoms with E-state index in [-0.39, 0.29) is 6.10 Å². The fourth-order valence-electron chi connectivity index (χ4n) is 1.92. The molecule has 4 heteroatoms. The first kappa shape index (κ1) is 11.6. The maximum absolute atomic E-state index is 8.82. The van der Waals surface area contributed by atoms with Crippen LogP contribution >= 0.6 is 0 Å². The Labute approximate surface area is 101 Å². The SMILES string of the molecule is N#Cc1cccc(CN2CCOC(C#N)C2)c1. The van der Waals surface area contributed by atoms with Crippen LogP contribution in [0.1, 0.15) is 11.1 Å². The van der Waals surface area contributed by atoms with E-state index in [1.165, 1.54) is 0 Å². The van der Waals surface area contributed by atoms with Crippen LogP contribution in [0, 0.1) is 22.7 Å². The third kappa shape index (κ3) is 3.04. The van der Waals surface area contributed by atoms with E-state index in [9.17, 15) is 0 Å². The lowest BCUT2D eigenvalue weighted by Crippen LogP contribution is -2.41. The largest absolute Gasteiger partial charge is 0.361 e. The summed E-state index contributed by atoms with van der Waals surface area (Å²) in [6.07, 6.45) is -0.331. The number of hydrogen-bond acceptors (Lipinski definition) is 4. The zero-order chi connectivity index (χ0) is 12.1. The number of rotatable bonds is 2. The summed E-state index contributed by atoms with van der Waals surface area (Å²) in [7, 11) is 0. The normalized spacial score (nSPS) is 20.5. The fraction of sp³-hybridized carbons (Fsp3) is 0.385. The Bertz CT molecular complexity index is 472. The van der Waals surface area contributed by atoms with Gasteiger partial charge in [0.2, 0.25) is 0 Å². The van der Waals surface area contributed by atoms with Gasteiger partial charge in [0, 0.05) is 19.6 Å². The molecule has 1 fully saturated rings. The predicted molar refractivity (Wildman–Crippen MR) is 61.8 cm³/mol. The number of hydrogen-bond donors (Lipinski definition) is 0. The second-order valence-electron chi connectivity index (χ2n) is 4.04. The maximum Gasteiger partial charge on any atom is 0.156 e. The minimum atomic E-state index is -0.331. The van der Waals surface area contributed by atoms with E-state index >= 15 is 0 Å². The van der Waals surface area contributed by atoms with Crippen molar-refractivity contribution in [2.45, 2.75) is 12.6 Å². The molecule has 1 atom stereocenters. The zero-order valence-electron chi connectivity index (χ0n) is 9.47. The lowest BCUT2D eigenvalue weighted by Gasteiger charge is -2.29. The molecular weight excluding hydrogens is 214 g/mol. The molecule has 17 heavy (non-hydrogen) atoms. The molecule has 0 bridgehead atoms. The highest BCUT2D eigenvalue weighted by Crippen LogP contribution is 2.11. The highest BCUT2D eigenvalue weighted by atomic mass is 16.5. The summed E-state index contributed by atoms with van der Waals surface area (Å²) >= 11 is 0. The van der Waals surface area contributed by atoms with E-state index in [1.54, 1.807) is 6.07 Å². The average Bonchev–Trinajstić information content (AvgIpc) is 2.39. The van der Waals surface area contributed by atoms with Gasteiger partial charge in [0.25, 0.3) is 0 Å². The van der Waals surface area contributed by atoms with Crippen LogP contribution in [-0.2, 0) is 11.3 Å². The van der Waals surface area contributed by atoms with E-state index in [0.29, 0.717) is 18.7 Å². The van der Waals surface area contributed by atoms with Crippen molar-refractivity contribution in [3.8, 4) is 12.1 Å². The fourth-order valence-corrected chi connectivity index (χ4v) is 1.92. The summed E-state index contributed by atoms with van der Waals surface area (Å²) in [5.41, 5.74) is 1.77. The highest BCUT2D eigenvalue weighted by Gasteiger charge is 2.19. The number of ether oxygens (including phenoxy) is 1. The third-order valence-corrected chi connectivity index (χ3v) is 2.76. The summed E-state index contributed by atoms with van der Waals surface area (Å²) < 4.78 is 5.28. The Balaban J connectivity index is 2.01. The lowest BCUT2D eigenvalue weighted by molar-refractivity contribution is -0.00269. The van der Waals surface area contributed by atoms with Gasteiger partial charge in [0.05, 0.1) is 24.3 Å². The van der Waals surface area contributed by atoms with Gasteiger partial charge in [-0.25, -0.2) is 0 Å². The van der Waals surface area contributed by atoms with Gasteiger partial charge in [-0.15, -0.1) is 0 Å². The topological polar surface area (TPSA) is 60.1 Å². The van der Waals surface area contributed by atoms with Gasteiger partial charge >= 0.3 is 0 Å². The minimum Gasteiger partial charge on any atom is -0.361 e. The number of morpholine rings is 1. The quantitative estimate of drug-likeness (QED) is 0.763. The first-order valence-corrected chi connectivity index (χ1v) is 5.54. The van der Waals surface area contributed by atoms with Crippen molar-refractivity contribution in [1.29, 1.82) is 10.5 Å². The molecular formula is C13H13N3O. The van der Waals surface area contributed by atoms with Crippen molar-refractivity contribution in [2.24, 2.45) is 0 Å². The summed E-state index contributed by atoms with van der Waals surface area (Å²) in [4.78, 5) is 2.17. The Morgan fingerprint density at radius 1 is 1.41 bits per heavy atom. The Morgan fingerprint density at radius 3 is 3.06 bits per heavy atom. The van der Waals surface area contributed by atoms with Gasteiger partial charge in [-0.3, -0.25) is 4.90 Å². The summed E-state index contributed by atoms with van der Waals surface area (Å²) in [5.74, 6) is 0. The predicted octanol–water partition coefficient (Wildman–Crippen LogP) is 1.28. The molecule has 1 aromatic rings. The second-order valence-corrected chi connectivity index (χ2v) is 4.04. The van der Waals surface area contributed by atoms with Crippen molar-refractivity contribution in [1.82, 2.24) is 4.90 Å². The Kier molecular flexibility index (Phi) is 3.72. The molecule has 1 unspecified atom stereocenters. The van der Waals surface area contributed by atoms with Crippen molar-refractivity contribution in [2.75, 3.05) is 19.7 Å². The van der Waals surface area contributed by atoms with Crippen LogP contribution in [0.3, 0.4) is 0 Å². The summed E-state index contributed by atoms with van der Waals surface area (Å²) in [6.45, 7) is 2.81. The van der Waals surface area contributed by atoms with Crippen LogP contribution in [0.2, 0.25) is 0 Å². The van der Waals surface area contributed by atoms with Crippen molar-refractivity contribution >= 4 is 0 Å². The Morgan fingerprint density at radius 2 is 2.29 bits per heavy atom. The third-order valence-electron chi connectivity index (χ3n) is 2.76. The molecule has 4 nitrogen and oxygen atoms in total. The van der Waals surface area contributed by atoms with Gasteiger partial charge in [-0.05, 0) is 17.7 Å². The first-order chi connectivity index (χ1) is 8.31. The van der Waals surface area contributed by atoms with Crippen LogP contribution in [-0.4, -0.2) is 30.7 Å². The molecule has 1 saturated heterocycles. The van der Waals surface area contributed by atoms with Gasteiger partial charge in [-0.2, -0.15) is 10.5 Å². The van der Waals surface area contributed by atoms with E-state index < -0.39 is 0 Å². The van der Waals surface area contributed by atoms with E-state index in [1.807, 2.05) is 18.2 Å². The second kappa shape index (κ2) is 5.45. The minimum absolute atomic E-state index is 0.331. The lowest BCUT2D eigenvalue weighted by atomic mass is 10.1. The number of benzene rings is 1. The molecule has 1 aliphatic heterocycles. The van der Waals surface area contributed by atoms with Crippen LogP contribution in [0.5, 0.6) is 0 Å². The highest BCUT2D eigenvalue weighted by molar-refractivity contribution is 5.32. The molecule has 1 aliphatic rings.